The van der Waals surface area contributed by atoms with E-state index in [-0.39, 0.29) is 12.2 Å². The summed E-state index contributed by atoms with van der Waals surface area (Å²) in [4.78, 5) is 0. The molecule has 0 aromatic carbocycles. The Morgan fingerprint density at radius 1 is 1.14 bits per heavy atom. The Bertz CT molecular complexity index is 176. The summed E-state index contributed by atoms with van der Waals surface area (Å²) in [7, 11) is 1.71. The molecular weight excluding hydrogens is 260 g/mol. The predicted octanol–water partition coefficient (Wildman–Crippen LogP) is 5.99. The van der Waals surface area contributed by atoms with E-state index in [2.05, 4.69) is 20.4 Å². The normalized spacial score (nSPS) is 14.5. The molecule has 0 saturated heterocycles. The summed E-state index contributed by atoms with van der Waals surface area (Å²) in [6, 6.07) is 0. The fraction of sp³-hybridized carbons (Fsp3) is 0.895. The van der Waals surface area contributed by atoms with Gasteiger partial charge in [0, 0.05) is 13.7 Å². The summed E-state index contributed by atoms with van der Waals surface area (Å²) in [6.45, 7) is 16.0. The van der Waals surface area contributed by atoms with Gasteiger partial charge in [-0.05, 0) is 40.0 Å². The van der Waals surface area contributed by atoms with Gasteiger partial charge in [-0.3, -0.25) is 0 Å². The molecule has 1 aliphatic rings. The zero-order valence-electron chi connectivity index (χ0n) is 15.9. The van der Waals surface area contributed by atoms with Gasteiger partial charge >= 0.3 is 0 Å². The predicted molar refractivity (Wildman–Crippen MR) is 96.9 cm³/mol. The highest BCUT2D eigenvalue weighted by molar-refractivity contribution is 4.63. The maximum absolute atomic E-state index is 7.57. The van der Waals surface area contributed by atoms with Crippen molar-refractivity contribution in [1.29, 1.82) is 0 Å². The molecular formula is C19H42O2. The summed E-state index contributed by atoms with van der Waals surface area (Å²) < 4.78 is 4.94. The van der Waals surface area contributed by atoms with Crippen LogP contribution in [0.3, 0.4) is 0 Å². The number of aliphatic hydroxyl groups is 1. The van der Waals surface area contributed by atoms with Crippen molar-refractivity contribution in [2.45, 2.75) is 92.1 Å². The van der Waals surface area contributed by atoms with Crippen LogP contribution in [0.1, 0.15) is 86.5 Å². The molecule has 0 radical (unpaired) electrons. The van der Waals surface area contributed by atoms with E-state index in [0.29, 0.717) is 0 Å². The van der Waals surface area contributed by atoms with E-state index < -0.39 is 0 Å². The first kappa shape index (κ1) is 25.6. The van der Waals surface area contributed by atoms with Crippen molar-refractivity contribution in [3.8, 4) is 0 Å². The van der Waals surface area contributed by atoms with Crippen LogP contribution in [0.15, 0.2) is 12.7 Å². The molecule has 1 fully saturated rings. The molecule has 2 heteroatoms. The SMILES string of the molecule is C=CCCC.CC1CCCCC1.CCO.COC(C)(C)C. The third-order valence-electron chi connectivity index (χ3n) is 3.00. The molecule has 1 saturated carbocycles. The number of allylic oxidation sites excluding steroid dienone is 1. The van der Waals surface area contributed by atoms with E-state index in [1.165, 1.54) is 38.5 Å². The second-order valence-corrected chi connectivity index (χ2v) is 6.45. The largest absolute Gasteiger partial charge is 0.397 e. The van der Waals surface area contributed by atoms with E-state index >= 15 is 0 Å². The minimum atomic E-state index is 0.0417. The van der Waals surface area contributed by atoms with Gasteiger partial charge in [-0.25, -0.2) is 0 Å². The van der Waals surface area contributed by atoms with E-state index in [1.807, 2.05) is 26.8 Å². The molecule has 0 bridgehead atoms. The first-order valence-corrected chi connectivity index (χ1v) is 8.55. The number of ether oxygens (including phenoxy) is 1. The smallest absolute Gasteiger partial charge is 0.0594 e. The number of hydrogen-bond donors (Lipinski definition) is 1. The van der Waals surface area contributed by atoms with Gasteiger partial charge in [-0.15, -0.1) is 6.58 Å². The highest BCUT2D eigenvalue weighted by Crippen LogP contribution is 2.22. The third kappa shape index (κ3) is 38.3. The number of hydrogen-bond acceptors (Lipinski definition) is 2. The lowest BCUT2D eigenvalue weighted by molar-refractivity contribution is 0.0397. The van der Waals surface area contributed by atoms with Gasteiger partial charge in [0.25, 0.3) is 0 Å². The fourth-order valence-corrected chi connectivity index (χ4v) is 1.51. The minimum absolute atomic E-state index is 0.0417. The number of unbranched alkanes of at least 4 members (excludes halogenated alkanes) is 1. The van der Waals surface area contributed by atoms with Crippen LogP contribution in [0, 0.1) is 5.92 Å². The maximum Gasteiger partial charge on any atom is 0.0594 e. The van der Waals surface area contributed by atoms with Crippen LogP contribution in [0.5, 0.6) is 0 Å². The van der Waals surface area contributed by atoms with Crippen molar-refractivity contribution < 1.29 is 9.84 Å². The lowest BCUT2D eigenvalue weighted by Crippen LogP contribution is -2.15. The molecule has 0 unspecified atom stereocenters. The van der Waals surface area contributed by atoms with Crippen LogP contribution < -0.4 is 0 Å². The van der Waals surface area contributed by atoms with Gasteiger partial charge in [0.15, 0.2) is 0 Å². The van der Waals surface area contributed by atoms with Crippen LogP contribution in [-0.2, 0) is 4.74 Å². The molecule has 2 nitrogen and oxygen atoms in total. The van der Waals surface area contributed by atoms with Crippen molar-refractivity contribution in [1.82, 2.24) is 0 Å². The summed E-state index contributed by atoms with van der Waals surface area (Å²) in [6.07, 6.45) is 11.7. The molecule has 0 amide bonds. The zero-order valence-corrected chi connectivity index (χ0v) is 15.9. The van der Waals surface area contributed by atoms with Gasteiger partial charge < -0.3 is 9.84 Å². The standard InChI is InChI=1S/C7H14.C5H12O.C5H10.C2H6O/c1-7-5-3-2-4-6-7;1-5(2,3)6-4;1-3-5-4-2;1-2-3/h7H,2-6H2,1H3;1-4H3;3H,1,4-5H2,2H3;3H,2H2,1H3. The lowest BCUT2D eigenvalue weighted by atomic mass is 9.91. The number of rotatable bonds is 2. The van der Waals surface area contributed by atoms with Crippen molar-refractivity contribution in [3.63, 3.8) is 0 Å². The molecule has 0 aliphatic heterocycles. The molecule has 1 rings (SSSR count). The number of aliphatic hydroxyl groups excluding tert-OH is 1. The molecule has 0 spiro atoms. The van der Waals surface area contributed by atoms with Crippen LogP contribution in [0.2, 0.25) is 0 Å². The van der Waals surface area contributed by atoms with E-state index in [9.17, 15) is 0 Å². The Kier molecular flexibility index (Phi) is 24.0. The van der Waals surface area contributed by atoms with E-state index in [1.54, 1.807) is 14.0 Å². The van der Waals surface area contributed by atoms with Crippen LogP contribution in [0.4, 0.5) is 0 Å². The Balaban J connectivity index is -0.000000215. The molecule has 1 N–H and O–H groups in total. The monoisotopic (exact) mass is 302 g/mol. The van der Waals surface area contributed by atoms with Gasteiger partial charge in [-0.2, -0.15) is 0 Å². The highest BCUT2D eigenvalue weighted by atomic mass is 16.5. The molecule has 1 aliphatic carbocycles. The highest BCUT2D eigenvalue weighted by Gasteiger charge is 2.06. The Labute approximate surface area is 135 Å². The summed E-state index contributed by atoms with van der Waals surface area (Å²) in [5.74, 6) is 1.04. The van der Waals surface area contributed by atoms with Gasteiger partial charge in [0.05, 0.1) is 5.60 Å². The first-order chi connectivity index (χ1) is 9.78. The average Bonchev–Trinajstić information content (AvgIpc) is 2.42. The number of methoxy groups -OCH3 is 1. The summed E-state index contributed by atoms with van der Waals surface area (Å²) in [5.41, 5.74) is 0.0417. The third-order valence-corrected chi connectivity index (χ3v) is 3.00. The van der Waals surface area contributed by atoms with Gasteiger partial charge in [0.1, 0.15) is 0 Å². The van der Waals surface area contributed by atoms with Crippen molar-refractivity contribution in [2.75, 3.05) is 13.7 Å². The maximum atomic E-state index is 7.57. The molecule has 130 valence electrons. The Morgan fingerprint density at radius 3 is 1.62 bits per heavy atom. The van der Waals surface area contributed by atoms with Gasteiger partial charge in [-0.1, -0.05) is 58.4 Å². The topological polar surface area (TPSA) is 29.5 Å². The summed E-state index contributed by atoms with van der Waals surface area (Å²) in [5, 5.41) is 7.57. The van der Waals surface area contributed by atoms with Crippen LogP contribution in [0.25, 0.3) is 0 Å². The fourth-order valence-electron chi connectivity index (χ4n) is 1.51. The second-order valence-electron chi connectivity index (χ2n) is 6.45. The van der Waals surface area contributed by atoms with Crippen molar-refractivity contribution in [2.24, 2.45) is 5.92 Å². The second kappa shape index (κ2) is 19.7. The zero-order chi connectivity index (χ0) is 17.1. The molecule has 21 heavy (non-hydrogen) atoms. The lowest BCUT2D eigenvalue weighted by Gasteiger charge is -2.15. The molecule has 0 aromatic heterocycles. The molecule has 0 aromatic rings. The molecule has 0 heterocycles. The Hall–Kier alpha value is -0.340. The van der Waals surface area contributed by atoms with Gasteiger partial charge in [0.2, 0.25) is 0 Å². The van der Waals surface area contributed by atoms with E-state index in [4.69, 9.17) is 9.84 Å². The van der Waals surface area contributed by atoms with Crippen molar-refractivity contribution in [3.05, 3.63) is 12.7 Å². The van der Waals surface area contributed by atoms with Crippen LogP contribution in [-0.4, -0.2) is 24.4 Å². The molecule has 0 atom stereocenters. The quantitative estimate of drug-likeness (QED) is 0.635. The van der Waals surface area contributed by atoms with E-state index in [0.717, 1.165) is 12.3 Å². The first-order valence-electron chi connectivity index (χ1n) is 8.55. The van der Waals surface area contributed by atoms with Crippen molar-refractivity contribution >= 4 is 0 Å². The average molecular weight is 303 g/mol. The summed E-state index contributed by atoms with van der Waals surface area (Å²) >= 11 is 0. The minimum Gasteiger partial charge on any atom is -0.397 e. The van der Waals surface area contributed by atoms with Crippen LogP contribution >= 0.6 is 0 Å². The Morgan fingerprint density at radius 2 is 1.52 bits per heavy atom.